The van der Waals surface area contributed by atoms with E-state index in [1.807, 2.05) is 0 Å². The number of Topliss-reactive ketones (excluding diaryl/α,β-unsaturated/α-hetero) is 1. The molecule has 9 nitrogen and oxygen atoms in total. The highest BCUT2D eigenvalue weighted by Gasteiger charge is 2.45. The Balaban J connectivity index is 1.64. The Morgan fingerprint density at radius 1 is 0.921 bits per heavy atom. The monoisotopic (exact) mass is 513 g/mol. The predicted molar refractivity (Wildman–Crippen MR) is 138 cm³/mol. The van der Waals surface area contributed by atoms with E-state index in [2.05, 4.69) is 0 Å². The summed E-state index contributed by atoms with van der Waals surface area (Å²) in [6.45, 7) is 1.29. The summed E-state index contributed by atoms with van der Waals surface area (Å²) in [4.78, 5) is 39.9. The van der Waals surface area contributed by atoms with E-state index in [0.717, 1.165) is 0 Å². The number of methoxy groups -OCH3 is 2. The van der Waals surface area contributed by atoms with E-state index in [9.17, 15) is 19.5 Å². The second-order valence-corrected chi connectivity index (χ2v) is 8.52. The van der Waals surface area contributed by atoms with E-state index in [4.69, 9.17) is 18.6 Å². The number of carbonyl (C=O) groups is 3. The fourth-order valence-electron chi connectivity index (χ4n) is 4.51. The molecule has 0 bridgehead atoms. The lowest BCUT2D eigenvalue weighted by Gasteiger charge is -2.27. The zero-order valence-electron chi connectivity index (χ0n) is 20.8. The normalized spacial score (nSPS) is 15.2. The van der Waals surface area contributed by atoms with Crippen molar-refractivity contribution in [1.29, 1.82) is 0 Å². The third kappa shape index (κ3) is 4.24. The van der Waals surface area contributed by atoms with Crippen molar-refractivity contribution in [2.45, 2.75) is 13.0 Å². The van der Waals surface area contributed by atoms with Crippen molar-refractivity contribution >= 4 is 34.3 Å². The Kier molecular flexibility index (Phi) is 6.34. The Hall–Kier alpha value is -5.05. The van der Waals surface area contributed by atoms with Crippen LogP contribution in [0.5, 0.6) is 17.2 Å². The van der Waals surface area contributed by atoms with Gasteiger partial charge in [-0.2, -0.15) is 0 Å². The second kappa shape index (κ2) is 9.78. The van der Waals surface area contributed by atoms with Crippen LogP contribution in [0, 0.1) is 0 Å². The molecule has 5 rings (SSSR count). The molecule has 1 amide bonds. The number of anilines is 1. The van der Waals surface area contributed by atoms with E-state index in [1.165, 1.54) is 26.0 Å². The van der Waals surface area contributed by atoms with Crippen LogP contribution in [0.25, 0.3) is 11.0 Å². The largest absolute Gasteiger partial charge is 0.503 e. The van der Waals surface area contributed by atoms with Crippen LogP contribution in [-0.2, 0) is 9.59 Å². The smallest absolute Gasteiger partial charge is 0.308 e. The number of aliphatic hydroxyl groups excluding tert-OH is 1. The van der Waals surface area contributed by atoms with Gasteiger partial charge in [-0.3, -0.25) is 19.3 Å². The average Bonchev–Trinajstić information content (AvgIpc) is 3.47. The minimum absolute atomic E-state index is 0.0622. The number of furan rings is 1. The Labute approximate surface area is 217 Å². The molecule has 9 heteroatoms. The van der Waals surface area contributed by atoms with Gasteiger partial charge in [0.15, 0.2) is 22.9 Å². The summed E-state index contributed by atoms with van der Waals surface area (Å²) in [5.74, 6) is -1.43. The molecule has 1 aliphatic heterocycles. The van der Waals surface area contributed by atoms with Crippen LogP contribution < -0.4 is 19.1 Å². The Morgan fingerprint density at radius 2 is 1.66 bits per heavy atom. The lowest BCUT2D eigenvalue weighted by Crippen LogP contribution is -2.31. The Morgan fingerprint density at radius 3 is 2.34 bits per heavy atom. The minimum Gasteiger partial charge on any atom is -0.503 e. The van der Waals surface area contributed by atoms with Crippen molar-refractivity contribution in [2.24, 2.45) is 0 Å². The molecule has 0 aliphatic carbocycles. The molecule has 1 aromatic heterocycles. The summed E-state index contributed by atoms with van der Waals surface area (Å²) in [5, 5.41) is 11.7. The van der Waals surface area contributed by atoms with Gasteiger partial charge in [-0.05, 0) is 42.0 Å². The summed E-state index contributed by atoms with van der Waals surface area (Å²) >= 11 is 0. The highest BCUT2D eigenvalue weighted by atomic mass is 16.5. The van der Waals surface area contributed by atoms with Gasteiger partial charge in [0.1, 0.15) is 11.5 Å². The number of rotatable bonds is 7. The number of amides is 1. The van der Waals surface area contributed by atoms with Crippen LogP contribution in [0.4, 0.5) is 5.69 Å². The number of benzene rings is 3. The van der Waals surface area contributed by atoms with Crippen molar-refractivity contribution in [2.75, 3.05) is 19.1 Å². The van der Waals surface area contributed by atoms with Gasteiger partial charge in [0.05, 0.1) is 25.8 Å². The molecule has 1 N–H and O–H groups in total. The number of fused-ring (bicyclic) bond motifs is 1. The number of hydrogen-bond donors (Lipinski definition) is 1. The van der Waals surface area contributed by atoms with Crippen LogP contribution >= 0.6 is 0 Å². The molecule has 0 saturated heterocycles. The lowest BCUT2D eigenvalue weighted by atomic mass is 9.94. The first kappa shape index (κ1) is 24.6. The van der Waals surface area contributed by atoms with Crippen LogP contribution in [0.15, 0.2) is 88.5 Å². The minimum atomic E-state index is -1.01. The molecule has 0 saturated carbocycles. The molecule has 192 valence electrons. The quantitative estimate of drug-likeness (QED) is 0.205. The first-order valence-corrected chi connectivity index (χ1v) is 11.6. The average molecular weight is 514 g/mol. The topological polar surface area (TPSA) is 116 Å². The maximum atomic E-state index is 13.8. The summed E-state index contributed by atoms with van der Waals surface area (Å²) in [7, 11) is 2.99. The van der Waals surface area contributed by atoms with Gasteiger partial charge in [0.25, 0.3) is 5.91 Å². The molecule has 1 atom stereocenters. The molecule has 38 heavy (non-hydrogen) atoms. The van der Waals surface area contributed by atoms with E-state index in [-0.39, 0.29) is 11.3 Å². The summed E-state index contributed by atoms with van der Waals surface area (Å²) in [6.07, 6.45) is 0. The summed E-state index contributed by atoms with van der Waals surface area (Å²) in [6, 6.07) is 18.8. The zero-order chi connectivity index (χ0) is 27.0. The highest BCUT2D eigenvalue weighted by Crippen LogP contribution is 2.43. The standard InChI is InChI=1S/C29H23NO8/c1-16(31)37-20-12-10-17(11-13-20)25-24(26(32)23-14-18-6-4-9-22(36-3)28(18)38-23)27(33)29(34)30(25)19-7-5-8-21(15-19)35-2/h4-15,25,33H,1-3H3. The molecule has 0 radical (unpaired) electrons. The number of ketones is 1. The molecular formula is C29H23NO8. The molecule has 3 aromatic carbocycles. The molecule has 0 spiro atoms. The van der Waals surface area contributed by atoms with Gasteiger partial charge in [0.2, 0.25) is 5.78 Å². The maximum Gasteiger partial charge on any atom is 0.308 e. The number of carbonyl (C=O) groups excluding carboxylic acids is 3. The van der Waals surface area contributed by atoms with Gasteiger partial charge in [-0.25, -0.2) is 0 Å². The maximum absolute atomic E-state index is 13.8. The summed E-state index contributed by atoms with van der Waals surface area (Å²) in [5.41, 5.74) is 1.12. The fourth-order valence-corrected chi connectivity index (χ4v) is 4.51. The number of esters is 1. The lowest BCUT2D eigenvalue weighted by molar-refractivity contribution is -0.131. The van der Waals surface area contributed by atoms with Crippen molar-refractivity contribution in [3.05, 3.63) is 95.5 Å². The molecular weight excluding hydrogens is 490 g/mol. The zero-order valence-corrected chi connectivity index (χ0v) is 20.8. The van der Waals surface area contributed by atoms with Crippen LogP contribution in [0.1, 0.15) is 29.1 Å². The van der Waals surface area contributed by atoms with E-state index >= 15 is 0 Å². The van der Waals surface area contributed by atoms with Crippen molar-refractivity contribution in [3.8, 4) is 17.2 Å². The highest BCUT2D eigenvalue weighted by molar-refractivity contribution is 6.20. The number of ether oxygens (including phenoxy) is 3. The first-order chi connectivity index (χ1) is 18.3. The van der Waals surface area contributed by atoms with E-state index in [1.54, 1.807) is 72.8 Å². The van der Waals surface area contributed by atoms with Crippen molar-refractivity contribution in [1.82, 2.24) is 0 Å². The third-order valence-corrected chi connectivity index (χ3v) is 6.19. The van der Waals surface area contributed by atoms with Crippen LogP contribution in [0.3, 0.4) is 0 Å². The molecule has 1 unspecified atom stereocenters. The fraction of sp³-hybridized carbons (Fsp3) is 0.138. The van der Waals surface area contributed by atoms with Crippen LogP contribution in [0.2, 0.25) is 0 Å². The van der Waals surface area contributed by atoms with Gasteiger partial charge in [-0.15, -0.1) is 0 Å². The van der Waals surface area contributed by atoms with E-state index < -0.39 is 29.5 Å². The second-order valence-electron chi connectivity index (χ2n) is 8.52. The SMILES string of the molecule is COc1cccc(N2C(=O)C(O)=C(C(=O)c3cc4cccc(OC)c4o3)C2c2ccc(OC(C)=O)cc2)c1. The van der Waals surface area contributed by atoms with Gasteiger partial charge in [-0.1, -0.05) is 30.3 Å². The molecule has 1 aliphatic rings. The van der Waals surface area contributed by atoms with Crippen molar-refractivity contribution in [3.63, 3.8) is 0 Å². The predicted octanol–water partition coefficient (Wildman–Crippen LogP) is 5.16. The number of nitrogens with zero attached hydrogens (tertiary/aromatic N) is 1. The van der Waals surface area contributed by atoms with Gasteiger partial charge >= 0.3 is 5.97 Å². The van der Waals surface area contributed by atoms with Crippen LogP contribution in [-0.4, -0.2) is 37.0 Å². The van der Waals surface area contributed by atoms with Gasteiger partial charge in [0, 0.05) is 24.1 Å². The van der Waals surface area contributed by atoms with Crippen molar-refractivity contribution < 1.29 is 38.1 Å². The molecule has 4 aromatic rings. The first-order valence-electron chi connectivity index (χ1n) is 11.6. The van der Waals surface area contributed by atoms with E-state index in [0.29, 0.717) is 39.5 Å². The molecule has 0 fully saturated rings. The number of aliphatic hydroxyl groups is 1. The third-order valence-electron chi connectivity index (χ3n) is 6.19. The summed E-state index contributed by atoms with van der Waals surface area (Å²) < 4.78 is 21.6. The number of hydrogen-bond acceptors (Lipinski definition) is 8. The number of para-hydroxylation sites is 1. The Bertz CT molecular complexity index is 1600. The molecule has 2 heterocycles. The van der Waals surface area contributed by atoms with Gasteiger partial charge < -0.3 is 23.7 Å².